The Morgan fingerprint density at radius 1 is 1.62 bits per heavy atom. The molecule has 2 aliphatic rings. The standard InChI is InChI=1S/C9H8N2O2/c1-13-9(12)6-3-2-4-8-7(6)5-10-11-8/h2-6H,1H3/t6-/m0/s1. The van der Waals surface area contributed by atoms with Gasteiger partial charge < -0.3 is 4.74 Å². The zero-order valence-corrected chi connectivity index (χ0v) is 7.10. The van der Waals surface area contributed by atoms with Crippen LogP contribution in [0.25, 0.3) is 0 Å². The van der Waals surface area contributed by atoms with Crippen LogP contribution in [0.3, 0.4) is 0 Å². The quantitative estimate of drug-likeness (QED) is 0.569. The van der Waals surface area contributed by atoms with Crippen molar-refractivity contribution in [2.45, 2.75) is 0 Å². The lowest BCUT2D eigenvalue weighted by Gasteiger charge is -2.13. The Balaban J connectivity index is 2.30. The molecule has 66 valence electrons. The number of rotatable bonds is 1. The molecule has 1 aliphatic carbocycles. The van der Waals surface area contributed by atoms with Gasteiger partial charge in [0.1, 0.15) is 5.92 Å². The summed E-state index contributed by atoms with van der Waals surface area (Å²) in [6, 6.07) is 0. The molecule has 0 unspecified atom stereocenters. The summed E-state index contributed by atoms with van der Waals surface area (Å²) in [4.78, 5) is 11.3. The molecule has 0 N–H and O–H groups in total. The van der Waals surface area contributed by atoms with E-state index in [2.05, 4.69) is 15.0 Å². The maximum absolute atomic E-state index is 11.3. The van der Waals surface area contributed by atoms with E-state index in [1.165, 1.54) is 7.11 Å². The number of nitrogens with zero attached hydrogens (tertiary/aromatic N) is 2. The van der Waals surface area contributed by atoms with E-state index in [0.717, 1.165) is 11.3 Å². The van der Waals surface area contributed by atoms with Crippen molar-refractivity contribution in [1.29, 1.82) is 0 Å². The summed E-state index contributed by atoms with van der Waals surface area (Å²) in [5.41, 5.74) is 1.56. The molecule has 0 aromatic rings. The van der Waals surface area contributed by atoms with E-state index >= 15 is 0 Å². The second-order valence-corrected chi connectivity index (χ2v) is 2.74. The van der Waals surface area contributed by atoms with Crippen molar-refractivity contribution in [2.24, 2.45) is 16.1 Å². The number of hydrogen-bond acceptors (Lipinski definition) is 4. The van der Waals surface area contributed by atoms with Crippen molar-refractivity contribution in [3.8, 4) is 0 Å². The van der Waals surface area contributed by atoms with Crippen LogP contribution in [0.1, 0.15) is 0 Å². The number of azo groups is 1. The first kappa shape index (κ1) is 7.91. The molecule has 1 atom stereocenters. The zero-order chi connectivity index (χ0) is 9.26. The van der Waals surface area contributed by atoms with Crippen LogP contribution in [-0.4, -0.2) is 13.1 Å². The van der Waals surface area contributed by atoms with Crippen LogP contribution in [0.15, 0.2) is 45.9 Å². The second-order valence-electron chi connectivity index (χ2n) is 2.74. The van der Waals surface area contributed by atoms with Gasteiger partial charge in [-0.1, -0.05) is 12.2 Å². The molecule has 0 amide bonds. The van der Waals surface area contributed by atoms with Crippen molar-refractivity contribution >= 4 is 5.97 Å². The van der Waals surface area contributed by atoms with Crippen molar-refractivity contribution < 1.29 is 9.53 Å². The number of methoxy groups -OCH3 is 1. The fourth-order valence-corrected chi connectivity index (χ4v) is 1.34. The zero-order valence-electron chi connectivity index (χ0n) is 7.10. The van der Waals surface area contributed by atoms with E-state index in [4.69, 9.17) is 0 Å². The lowest BCUT2D eigenvalue weighted by molar-refractivity contribution is -0.142. The van der Waals surface area contributed by atoms with Crippen molar-refractivity contribution in [2.75, 3.05) is 7.11 Å². The third-order valence-electron chi connectivity index (χ3n) is 2.01. The molecule has 0 aromatic heterocycles. The molecule has 2 rings (SSSR count). The van der Waals surface area contributed by atoms with E-state index < -0.39 is 0 Å². The monoisotopic (exact) mass is 176 g/mol. The third kappa shape index (κ3) is 1.20. The molecular formula is C9H8N2O2. The van der Waals surface area contributed by atoms with Gasteiger partial charge >= 0.3 is 5.97 Å². The van der Waals surface area contributed by atoms with Crippen LogP contribution in [0.2, 0.25) is 0 Å². The fraction of sp³-hybridized carbons (Fsp3) is 0.222. The number of carbonyl (C=O) groups excluding carboxylic acids is 1. The number of allylic oxidation sites excluding steroid dienone is 3. The molecule has 4 heteroatoms. The first-order valence-corrected chi connectivity index (χ1v) is 3.90. The number of esters is 1. The molecule has 13 heavy (non-hydrogen) atoms. The normalized spacial score (nSPS) is 23.6. The maximum Gasteiger partial charge on any atom is 0.317 e. The van der Waals surface area contributed by atoms with Crippen molar-refractivity contribution in [3.63, 3.8) is 0 Å². The average molecular weight is 176 g/mol. The summed E-state index contributed by atoms with van der Waals surface area (Å²) in [5, 5.41) is 7.60. The largest absolute Gasteiger partial charge is 0.468 e. The molecule has 4 nitrogen and oxygen atoms in total. The fourth-order valence-electron chi connectivity index (χ4n) is 1.34. The molecule has 0 bridgehead atoms. The Labute approximate surface area is 75.3 Å². The van der Waals surface area contributed by atoms with Crippen molar-refractivity contribution in [1.82, 2.24) is 0 Å². The highest BCUT2D eigenvalue weighted by atomic mass is 16.5. The Bertz CT molecular complexity index is 364. The van der Waals surface area contributed by atoms with Crippen LogP contribution in [-0.2, 0) is 9.53 Å². The minimum atomic E-state index is -0.347. The molecule has 0 saturated carbocycles. The Morgan fingerprint density at radius 3 is 3.23 bits per heavy atom. The minimum Gasteiger partial charge on any atom is -0.468 e. The van der Waals surface area contributed by atoms with Gasteiger partial charge in [-0.3, -0.25) is 4.79 Å². The van der Waals surface area contributed by atoms with Gasteiger partial charge in [0, 0.05) is 5.57 Å². The number of hydrogen-bond donors (Lipinski definition) is 0. The smallest absolute Gasteiger partial charge is 0.317 e. The lowest BCUT2D eigenvalue weighted by Crippen LogP contribution is -2.17. The molecule has 1 heterocycles. The van der Waals surface area contributed by atoms with Gasteiger partial charge in [0.15, 0.2) is 0 Å². The Morgan fingerprint density at radius 2 is 2.46 bits per heavy atom. The van der Waals surface area contributed by atoms with Crippen LogP contribution >= 0.6 is 0 Å². The van der Waals surface area contributed by atoms with Gasteiger partial charge in [0.2, 0.25) is 0 Å². The van der Waals surface area contributed by atoms with Gasteiger partial charge in [-0.05, 0) is 6.08 Å². The summed E-state index contributed by atoms with van der Waals surface area (Å²) in [6.45, 7) is 0. The first-order valence-electron chi connectivity index (χ1n) is 3.90. The van der Waals surface area contributed by atoms with E-state index in [9.17, 15) is 4.79 Å². The van der Waals surface area contributed by atoms with E-state index in [0.29, 0.717) is 0 Å². The third-order valence-corrected chi connectivity index (χ3v) is 2.01. The highest BCUT2D eigenvalue weighted by Crippen LogP contribution is 2.31. The summed E-state index contributed by atoms with van der Waals surface area (Å²) in [5.74, 6) is -0.625. The van der Waals surface area contributed by atoms with Crippen LogP contribution in [0, 0.1) is 5.92 Å². The first-order chi connectivity index (χ1) is 6.33. The van der Waals surface area contributed by atoms with Crippen LogP contribution in [0.5, 0.6) is 0 Å². The summed E-state index contributed by atoms with van der Waals surface area (Å²) in [6.07, 6.45) is 6.98. The van der Waals surface area contributed by atoms with E-state index in [1.807, 2.05) is 6.08 Å². The number of ether oxygens (including phenoxy) is 1. The molecule has 1 aliphatic heterocycles. The number of carbonyl (C=O) groups is 1. The van der Waals surface area contributed by atoms with Crippen LogP contribution < -0.4 is 0 Å². The molecule has 0 radical (unpaired) electrons. The highest BCUT2D eigenvalue weighted by Gasteiger charge is 2.27. The van der Waals surface area contributed by atoms with E-state index in [-0.39, 0.29) is 11.9 Å². The topological polar surface area (TPSA) is 51.0 Å². The molecule has 0 fully saturated rings. The van der Waals surface area contributed by atoms with Gasteiger partial charge in [-0.2, -0.15) is 10.2 Å². The molecule has 0 aromatic carbocycles. The highest BCUT2D eigenvalue weighted by molar-refractivity contribution is 5.80. The molecular weight excluding hydrogens is 168 g/mol. The SMILES string of the molecule is COC(=O)[C@H]1C=CC=C2N=NC=C21. The summed E-state index contributed by atoms with van der Waals surface area (Å²) < 4.78 is 4.66. The molecule has 0 spiro atoms. The predicted molar refractivity (Wildman–Crippen MR) is 45.7 cm³/mol. The van der Waals surface area contributed by atoms with E-state index in [1.54, 1.807) is 18.4 Å². The summed E-state index contributed by atoms with van der Waals surface area (Å²) in [7, 11) is 1.37. The van der Waals surface area contributed by atoms with Gasteiger partial charge in [-0.25, -0.2) is 0 Å². The lowest BCUT2D eigenvalue weighted by atomic mass is 9.93. The Hall–Kier alpha value is -1.71. The van der Waals surface area contributed by atoms with Gasteiger partial charge in [0.05, 0.1) is 19.0 Å². The second kappa shape index (κ2) is 2.97. The minimum absolute atomic E-state index is 0.277. The molecule has 0 saturated heterocycles. The summed E-state index contributed by atoms with van der Waals surface area (Å²) >= 11 is 0. The maximum atomic E-state index is 11.3. The Kier molecular flexibility index (Phi) is 1.81. The predicted octanol–water partition coefficient (Wildman–Crippen LogP) is 1.58. The van der Waals surface area contributed by atoms with Crippen molar-refractivity contribution in [3.05, 3.63) is 35.7 Å². The van der Waals surface area contributed by atoms with Gasteiger partial charge in [-0.15, -0.1) is 0 Å². The van der Waals surface area contributed by atoms with Gasteiger partial charge in [0.25, 0.3) is 0 Å². The van der Waals surface area contributed by atoms with Crippen LogP contribution in [0.4, 0.5) is 0 Å². The number of fused-ring (bicyclic) bond motifs is 1. The average Bonchev–Trinajstić information content (AvgIpc) is 2.63.